The van der Waals surface area contributed by atoms with Crippen molar-refractivity contribution in [3.63, 3.8) is 0 Å². The van der Waals surface area contributed by atoms with Crippen LogP contribution in [0.2, 0.25) is 0 Å². The van der Waals surface area contributed by atoms with Gasteiger partial charge in [-0.2, -0.15) is 0 Å². The van der Waals surface area contributed by atoms with Crippen LogP contribution in [0.4, 0.5) is 11.4 Å². The van der Waals surface area contributed by atoms with Crippen molar-refractivity contribution in [2.24, 2.45) is 4.99 Å². The van der Waals surface area contributed by atoms with E-state index >= 15 is 0 Å². The van der Waals surface area contributed by atoms with Gasteiger partial charge in [0, 0.05) is 62.6 Å². The zero-order valence-corrected chi connectivity index (χ0v) is 17.7. The van der Waals surface area contributed by atoms with Gasteiger partial charge in [0.2, 0.25) is 0 Å². The lowest BCUT2D eigenvalue weighted by molar-refractivity contribution is 0.240. The Hall–Kier alpha value is -3.07. The molecule has 2 heterocycles. The van der Waals surface area contributed by atoms with Gasteiger partial charge in [0.05, 0.1) is 6.54 Å². The molecule has 0 radical (unpaired) electrons. The molecule has 1 saturated heterocycles. The van der Waals surface area contributed by atoms with Gasteiger partial charge in [0.15, 0.2) is 0 Å². The van der Waals surface area contributed by atoms with E-state index in [-0.39, 0.29) is 0 Å². The maximum atomic E-state index is 5.02. The van der Waals surface area contributed by atoms with Crippen molar-refractivity contribution in [2.45, 2.75) is 0 Å². The highest BCUT2D eigenvalue weighted by atomic mass is 16.5. The van der Waals surface area contributed by atoms with Crippen LogP contribution in [0, 0.1) is 11.8 Å². The second kappa shape index (κ2) is 9.62. The molecule has 0 aromatic heterocycles. The smallest absolute Gasteiger partial charge is 0.107 e. The number of likely N-dealkylation sites (N-methyl/N-ethyl adjacent to an activating group) is 1. The zero-order valence-electron chi connectivity index (χ0n) is 17.7. The normalized spacial score (nSPS) is 17.4. The quantitative estimate of drug-likeness (QED) is 0.800. The first-order chi connectivity index (χ1) is 14.7. The first-order valence-electron chi connectivity index (χ1n) is 10.3. The van der Waals surface area contributed by atoms with Crippen LogP contribution in [0.1, 0.15) is 16.7 Å². The van der Waals surface area contributed by atoms with Gasteiger partial charge in [-0.1, -0.05) is 17.9 Å². The number of nitrogens with one attached hydrogen (secondary N) is 1. The highest BCUT2D eigenvalue weighted by molar-refractivity contribution is 5.93. The topological polar surface area (TPSA) is 40.1 Å². The Morgan fingerprint density at radius 3 is 2.67 bits per heavy atom. The van der Waals surface area contributed by atoms with Gasteiger partial charge >= 0.3 is 0 Å². The molecular weight excluding hydrogens is 372 g/mol. The molecule has 0 amide bonds. The number of nitrogens with zero attached hydrogens (tertiary/aromatic N) is 3. The Labute approximate surface area is 179 Å². The van der Waals surface area contributed by atoms with Crippen LogP contribution in [0.25, 0.3) is 5.57 Å². The van der Waals surface area contributed by atoms with Crippen molar-refractivity contribution < 1.29 is 4.74 Å². The molecule has 2 aliphatic heterocycles. The summed E-state index contributed by atoms with van der Waals surface area (Å²) in [6.07, 6.45) is 4.00. The van der Waals surface area contributed by atoms with Gasteiger partial charge in [-0.05, 0) is 60.1 Å². The molecule has 0 atom stereocenters. The van der Waals surface area contributed by atoms with Crippen molar-refractivity contribution >= 4 is 23.2 Å². The lowest BCUT2D eigenvalue weighted by Crippen LogP contribution is -2.44. The number of anilines is 2. The molecule has 30 heavy (non-hydrogen) atoms. The summed E-state index contributed by atoms with van der Waals surface area (Å²) in [5.41, 5.74) is 6.81. The molecule has 0 aliphatic carbocycles. The molecular formula is C25H28N4O. The van der Waals surface area contributed by atoms with Crippen molar-refractivity contribution in [3.05, 3.63) is 65.4 Å². The fraction of sp³-hybridized carbons (Fsp3) is 0.320. The van der Waals surface area contributed by atoms with Crippen LogP contribution in [-0.4, -0.2) is 64.6 Å². The third-order valence-corrected chi connectivity index (χ3v) is 5.49. The minimum Gasteiger partial charge on any atom is -0.372 e. The van der Waals surface area contributed by atoms with E-state index in [4.69, 9.17) is 4.74 Å². The summed E-state index contributed by atoms with van der Waals surface area (Å²) >= 11 is 0. The summed E-state index contributed by atoms with van der Waals surface area (Å²) in [6.45, 7) is 5.49. The third kappa shape index (κ3) is 4.91. The Kier molecular flexibility index (Phi) is 6.48. The highest BCUT2D eigenvalue weighted by Crippen LogP contribution is 2.25. The molecule has 0 bridgehead atoms. The van der Waals surface area contributed by atoms with E-state index in [0.29, 0.717) is 13.2 Å². The summed E-state index contributed by atoms with van der Waals surface area (Å²) in [7, 11) is 3.84. The number of methoxy groups -OCH3 is 1. The molecule has 2 aliphatic rings. The number of piperazine rings is 1. The standard InChI is InChI=1S/C25H28N4O/c1-28-11-13-29(14-12-28)24-9-7-23(8-10-24)27-19-22-18-26-17-21-6-5-20(16-25(21)22)4-3-15-30-2/h5-10,16-17,19,27H,11-15,18H2,1-2H3/b22-19+. The van der Waals surface area contributed by atoms with E-state index in [2.05, 4.69) is 81.6 Å². The van der Waals surface area contributed by atoms with Crippen LogP contribution in [0.15, 0.2) is 53.7 Å². The Morgan fingerprint density at radius 1 is 1.10 bits per heavy atom. The predicted octanol–water partition coefficient (Wildman–Crippen LogP) is 3.32. The van der Waals surface area contributed by atoms with Crippen LogP contribution in [0.3, 0.4) is 0 Å². The van der Waals surface area contributed by atoms with Crippen molar-refractivity contribution in [1.29, 1.82) is 0 Å². The number of rotatable bonds is 4. The minimum atomic E-state index is 0.437. The fourth-order valence-electron chi connectivity index (χ4n) is 3.69. The van der Waals surface area contributed by atoms with E-state index < -0.39 is 0 Å². The van der Waals surface area contributed by atoms with E-state index in [0.717, 1.165) is 48.6 Å². The zero-order chi connectivity index (χ0) is 20.8. The molecule has 0 spiro atoms. The van der Waals surface area contributed by atoms with E-state index in [1.54, 1.807) is 7.11 Å². The molecule has 2 aromatic carbocycles. The maximum absolute atomic E-state index is 5.02. The van der Waals surface area contributed by atoms with Crippen LogP contribution < -0.4 is 10.2 Å². The molecule has 1 fully saturated rings. The van der Waals surface area contributed by atoms with Crippen molar-refractivity contribution in [2.75, 3.05) is 63.7 Å². The van der Waals surface area contributed by atoms with Gasteiger partial charge in [-0.15, -0.1) is 0 Å². The van der Waals surface area contributed by atoms with Crippen molar-refractivity contribution in [1.82, 2.24) is 4.90 Å². The van der Waals surface area contributed by atoms with Gasteiger partial charge < -0.3 is 19.9 Å². The van der Waals surface area contributed by atoms with Gasteiger partial charge in [-0.25, -0.2) is 0 Å². The lowest BCUT2D eigenvalue weighted by atomic mass is 9.96. The summed E-state index contributed by atoms with van der Waals surface area (Å²) in [5, 5.41) is 3.45. The summed E-state index contributed by atoms with van der Waals surface area (Å²) < 4.78 is 5.02. The minimum absolute atomic E-state index is 0.437. The molecule has 0 unspecified atom stereocenters. The highest BCUT2D eigenvalue weighted by Gasteiger charge is 2.14. The van der Waals surface area contributed by atoms with Crippen LogP contribution >= 0.6 is 0 Å². The summed E-state index contributed by atoms with van der Waals surface area (Å²) in [5.74, 6) is 6.17. The summed E-state index contributed by atoms with van der Waals surface area (Å²) in [4.78, 5) is 9.32. The predicted molar refractivity (Wildman–Crippen MR) is 125 cm³/mol. The molecule has 5 nitrogen and oxygen atoms in total. The average Bonchev–Trinajstić information content (AvgIpc) is 2.79. The fourth-order valence-corrected chi connectivity index (χ4v) is 3.69. The van der Waals surface area contributed by atoms with Gasteiger partial charge in [0.25, 0.3) is 0 Å². The van der Waals surface area contributed by atoms with E-state index in [1.807, 2.05) is 12.3 Å². The Bertz CT molecular complexity index is 990. The SMILES string of the molecule is COCC#Cc1ccc2c(c1)/C(=C/Nc1ccc(N3CCN(C)CC3)cc1)CN=C2. The molecule has 5 heteroatoms. The number of aliphatic imine (C=N–C) groups is 1. The molecule has 0 saturated carbocycles. The number of fused-ring (bicyclic) bond motifs is 1. The van der Waals surface area contributed by atoms with Crippen LogP contribution in [-0.2, 0) is 4.74 Å². The number of hydrogen-bond donors (Lipinski definition) is 1. The van der Waals surface area contributed by atoms with Crippen molar-refractivity contribution in [3.8, 4) is 11.8 Å². The van der Waals surface area contributed by atoms with Gasteiger partial charge in [-0.3, -0.25) is 4.99 Å². The molecule has 2 aromatic rings. The maximum Gasteiger partial charge on any atom is 0.107 e. The van der Waals surface area contributed by atoms with E-state index in [1.165, 1.54) is 11.3 Å². The van der Waals surface area contributed by atoms with Gasteiger partial charge in [0.1, 0.15) is 6.61 Å². The van der Waals surface area contributed by atoms with E-state index in [9.17, 15) is 0 Å². The average molecular weight is 401 g/mol. The number of hydrogen-bond acceptors (Lipinski definition) is 5. The first-order valence-corrected chi connectivity index (χ1v) is 10.3. The Morgan fingerprint density at radius 2 is 1.90 bits per heavy atom. The lowest BCUT2D eigenvalue weighted by Gasteiger charge is -2.34. The Balaban J connectivity index is 1.46. The molecule has 154 valence electrons. The third-order valence-electron chi connectivity index (χ3n) is 5.49. The first kappa shape index (κ1) is 20.2. The summed E-state index contributed by atoms with van der Waals surface area (Å²) in [6, 6.07) is 14.9. The second-order valence-electron chi connectivity index (χ2n) is 7.66. The number of benzene rings is 2. The largest absolute Gasteiger partial charge is 0.372 e. The molecule has 1 N–H and O–H groups in total. The van der Waals surface area contributed by atoms with Crippen LogP contribution in [0.5, 0.6) is 0 Å². The second-order valence-corrected chi connectivity index (χ2v) is 7.66. The molecule has 4 rings (SSSR count). The number of ether oxygens (including phenoxy) is 1. The monoisotopic (exact) mass is 400 g/mol.